The molecule has 1 heterocycles. The van der Waals surface area contributed by atoms with E-state index < -0.39 is 11.9 Å². The van der Waals surface area contributed by atoms with Crippen molar-refractivity contribution < 1.29 is 14.4 Å². The number of fused-ring (bicyclic) bond motifs is 1. The molecule has 2 N–H and O–H groups in total. The third-order valence-corrected chi connectivity index (χ3v) is 5.07. The summed E-state index contributed by atoms with van der Waals surface area (Å²) in [5.41, 5.74) is 0.941. The van der Waals surface area contributed by atoms with Gasteiger partial charge in [-0.1, -0.05) is 25.0 Å². The molecule has 1 aromatic carbocycles. The van der Waals surface area contributed by atoms with Crippen molar-refractivity contribution in [3.05, 3.63) is 29.8 Å². The lowest BCUT2D eigenvalue weighted by molar-refractivity contribution is -0.134. The molecule has 1 aliphatic heterocycles. The number of anilines is 1. The van der Waals surface area contributed by atoms with Crippen LogP contribution in [0.5, 0.6) is 0 Å². The molecule has 2 saturated carbocycles. The van der Waals surface area contributed by atoms with Gasteiger partial charge in [0.25, 0.3) is 17.7 Å². The van der Waals surface area contributed by atoms with Gasteiger partial charge in [-0.2, -0.15) is 0 Å². The molecule has 0 aromatic heterocycles. The Morgan fingerprint density at radius 2 is 1.79 bits per heavy atom. The maximum atomic E-state index is 13.1. The van der Waals surface area contributed by atoms with E-state index in [4.69, 9.17) is 0 Å². The van der Waals surface area contributed by atoms with Crippen molar-refractivity contribution in [1.29, 1.82) is 0 Å². The summed E-state index contributed by atoms with van der Waals surface area (Å²) < 4.78 is 0. The molecule has 2 fully saturated rings. The molecule has 1 atom stereocenters. The summed E-state index contributed by atoms with van der Waals surface area (Å²) in [5.74, 6) is -1.01. The minimum absolute atomic E-state index is 0.0515. The van der Waals surface area contributed by atoms with Crippen LogP contribution in [0.4, 0.5) is 5.69 Å². The van der Waals surface area contributed by atoms with Crippen molar-refractivity contribution in [2.24, 2.45) is 0 Å². The molecule has 1 unspecified atom stereocenters. The van der Waals surface area contributed by atoms with E-state index in [0.29, 0.717) is 11.3 Å². The first-order valence-corrected chi connectivity index (χ1v) is 8.68. The zero-order valence-corrected chi connectivity index (χ0v) is 13.5. The fourth-order valence-electron chi connectivity index (χ4n) is 3.67. The van der Waals surface area contributed by atoms with Gasteiger partial charge < -0.3 is 15.5 Å². The molecular formula is C18H21N3O3. The van der Waals surface area contributed by atoms with Crippen molar-refractivity contribution >= 4 is 23.4 Å². The molecule has 0 saturated heterocycles. The van der Waals surface area contributed by atoms with Crippen LogP contribution in [0.2, 0.25) is 0 Å². The first-order chi connectivity index (χ1) is 11.6. The number of amides is 3. The second-order valence-corrected chi connectivity index (χ2v) is 6.87. The third kappa shape index (κ3) is 2.66. The Hall–Kier alpha value is -2.37. The molecule has 3 amide bonds. The van der Waals surface area contributed by atoms with Gasteiger partial charge in [0.05, 0.1) is 11.3 Å². The largest absolute Gasteiger partial charge is 0.351 e. The number of rotatable bonds is 3. The molecule has 0 spiro atoms. The molecule has 6 heteroatoms. The van der Waals surface area contributed by atoms with Gasteiger partial charge in [-0.15, -0.1) is 0 Å². The summed E-state index contributed by atoms with van der Waals surface area (Å²) in [6.45, 7) is 0. The van der Waals surface area contributed by atoms with E-state index in [2.05, 4.69) is 10.6 Å². The van der Waals surface area contributed by atoms with Gasteiger partial charge in [-0.25, -0.2) is 0 Å². The average molecular weight is 327 g/mol. The highest BCUT2D eigenvalue weighted by molar-refractivity contribution is 6.18. The van der Waals surface area contributed by atoms with Crippen LogP contribution in [-0.4, -0.2) is 40.7 Å². The topological polar surface area (TPSA) is 78.5 Å². The van der Waals surface area contributed by atoms with Gasteiger partial charge in [-0.05, 0) is 37.8 Å². The highest BCUT2D eigenvalue weighted by Gasteiger charge is 2.45. The Kier molecular flexibility index (Phi) is 3.75. The number of benzene rings is 1. The van der Waals surface area contributed by atoms with Gasteiger partial charge in [0.1, 0.15) is 0 Å². The smallest absolute Gasteiger partial charge is 0.257 e. The Balaban J connectivity index is 1.73. The number of nitrogens with zero attached hydrogens (tertiary/aromatic N) is 1. The predicted octanol–water partition coefficient (Wildman–Crippen LogP) is 1.67. The Labute approximate surface area is 140 Å². The number of hydrogen-bond acceptors (Lipinski definition) is 3. The lowest BCUT2D eigenvalue weighted by Crippen LogP contribution is -2.57. The summed E-state index contributed by atoms with van der Waals surface area (Å²) in [7, 11) is 0. The zero-order chi connectivity index (χ0) is 16.7. The fraction of sp³-hybridized carbons (Fsp3) is 0.500. The number of carbonyl (C=O) groups excluding carboxylic acids is 3. The molecule has 24 heavy (non-hydrogen) atoms. The third-order valence-electron chi connectivity index (χ3n) is 5.07. The van der Waals surface area contributed by atoms with Crippen LogP contribution in [0.15, 0.2) is 24.3 Å². The van der Waals surface area contributed by atoms with Gasteiger partial charge in [0.15, 0.2) is 6.04 Å². The lowest BCUT2D eigenvalue weighted by atomic mass is 10.1. The Bertz CT molecular complexity index is 693. The van der Waals surface area contributed by atoms with E-state index in [1.54, 1.807) is 24.3 Å². The van der Waals surface area contributed by atoms with Gasteiger partial charge in [0.2, 0.25) is 0 Å². The van der Waals surface area contributed by atoms with E-state index in [-0.39, 0.29) is 23.9 Å². The van der Waals surface area contributed by atoms with Gasteiger partial charge >= 0.3 is 0 Å². The quantitative estimate of drug-likeness (QED) is 0.829. The molecule has 2 aliphatic carbocycles. The fourth-order valence-corrected chi connectivity index (χ4v) is 3.67. The number of nitrogens with one attached hydrogen (secondary N) is 2. The first-order valence-electron chi connectivity index (χ1n) is 8.68. The number of para-hydroxylation sites is 1. The first kappa shape index (κ1) is 15.2. The monoisotopic (exact) mass is 327 g/mol. The van der Waals surface area contributed by atoms with E-state index in [9.17, 15) is 14.4 Å². The molecule has 3 aliphatic rings. The molecule has 6 nitrogen and oxygen atoms in total. The molecule has 0 bridgehead atoms. The second kappa shape index (κ2) is 5.92. The van der Waals surface area contributed by atoms with Crippen molar-refractivity contribution in [1.82, 2.24) is 10.2 Å². The summed E-state index contributed by atoms with van der Waals surface area (Å²) in [6.07, 6.45) is 5.61. The predicted molar refractivity (Wildman–Crippen MR) is 88.4 cm³/mol. The number of hydrogen-bond donors (Lipinski definition) is 2. The summed E-state index contributed by atoms with van der Waals surface area (Å²) in [4.78, 5) is 40.1. The normalized spacial score (nSPS) is 24.3. The maximum Gasteiger partial charge on any atom is 0.257 e. The van der Waals surface area contributed by atoms with Crippen molar-refractivity contribution in [3.8, 4) is 0 Å². The summed E-state index contributed by atoms with van der Waals surface area (Å²) in [5, 5.41) is 5.66. The SMILES string of the molecule is O=C1Nc2ccccc2C(=O)N(C2CCCC2)C1C(=O)NC1CC1. The summed E-state index contributed by atoms with van der Waals surface area (Å²) in [6, 6.07) is 5.98. The van der Waals surface area contributed by atoms with Crippen LogP contribution in [0, 0.1) is 0 Å². The number of carbonyl (C=O) groups is 3. The lowest BCUT2D eigenvalue weighted by Gasteiger charge is -2.33. The van der Waals surface area contributed by atoms with Crippen molar-refractivity contribution in [2.45, 2.75) is 56.7 Å². The molecular weight excluding hydrogens is 306 g/mol. The standard InChI is InChI=1S/C18H21N3O3/c22-16(19-11-9-10-11)15-17(23)20-14-8-4-3-7-13(14)18(24)21(15)12-5-1-2-6-12/h3-4,7-8,11-12,15H,1-2,5-6,9-10H2,(H,19,22)(H,20,23). The van der Waals surface area contributed by atoms with Crippen LogP contribution in [0.1, 0.15) is 48.9 Å². The van der Waals surface area contributed by atoms with Crippen LogP contribution in [0.25, 0.3) is 0 Å². The molecule has 4 rings (SSSR count). The van der Waals surface area contributed by atoms with E-state index >= 15 is 0 Å². The molecule has 1 aromatic rings. The average Bonchev–Trinajstić information content (AvgIpc) is 3.24. The van der Waals surface area contributed by atoms with Crippen LogP contribution in [-0.2, 0) is 9.59 Å². The van der Waals surface area contributed by atoms with Crippen molar-refractivity contribution in [2.75, 3.05) is 5.32 Å². The van der Waals surface area contributed by atoms with Crippen molar-refractivity contribution in [3.63, 3.8) is 0 Å². The highest BCUT2D eigenvalue weighted by Crippen LogP contribution is 2.31. The van der Waals surface area contributed by atoms with Gasteiger partial charge in [-0.3, -0.25) is 14.4 Å². The minimum atomic E-state index is -1.09. The highest BCUT2D eigenvalue weighted by atomic mass is 16.2. The molecule has 0 radical (unpaired) electrons. The Morgan fingerprint density at radius 3 is 2.50 bits per heavy atom. The molecule has 126 valence electrons. The van der Waals surface area contributed by atoms with Gasteiger partial charge in [0, 0.05) is 12.1 Å². The van der Waals surface area contributed by atoms with Crippen LogP contribution < -0.4 is 10.6 Å². The van der Waals surface area contributed by atoms with Crippen LogP contribution in [0.3, 0.4) is 0 Å². The summed E-state index contributed by atoms with van der Waals surface area (Å²) >= 11 is 0. The zero-order valence-electron chi connectivity index (χ0n) is 13.5. The van der Waals surface area contributed by atoms with Crippen LogP contribution >= 0.6 is 0 Å². The minimum Gasteiger partial charge on any atom is -0.351 e. The van der Waals surface area contributed by atoms with E-state index in [0.717, 1.165) is 38.5 Å². The second-order valence-electron chi connectivity index (χ2n) is 6.87. The van der Waals surface area contributed by atoms with E-state index in [1.807, 2.05) is 0 Å². The Morgan fingerprint density at radius 1 is 1.08 bits per heavy atom. The van der Waals surface area contributed by atoms with E-state index in [1.165, 1.54) is 4.90 Å². The maximum absolute atomic E-state index is 13.1.